The molecule has 8 heteroatoms. The number of hydrogen-bond acceptors (Lipinski definition) is 5. The molecule has 106 valence electrons. The Kier molecular flexibility index (Phi) is 3.66. The third kappa shape index (κ3) is 3.29. The van der Waals surface area contributed by atoms with E-state index in [1.807, 2.05) is 0 Å². The van der Waals surface area contributed by atoms with E-state index in [9.17, 15) is 14.7 Å². The number of nitrogens with zero attached hydrogens (tertiary/aromatic N) is 2. The molecule has 0 aliphatic carbocycles. The zero-order valence-electron chi connectivity index (χ0n) is 10.8. The zero-order valence-corrected chi connectivity index (χ0v) is 10.8. The van der Waals surface area contributed by atoms with Gasteiger partial charge in [0.2, 0.25) is 0 Å². The van der Waals surface area contributed by atoms with Crippen LogP contribution in [0.15, 0.2) is 18.2 Å². The van der Waals surface area contributed by atoms with E-state index in [0.29, 0.717) is 16.6 Å². The summed E-state index contributed by atoms with van der Waals surface area (Å²) in [5.74, 6) is -1.55. The van der Waals surface area contributed by atoms with Crippen LogP contribution in [0.2, 0.25) is 0 Å². The van der Waals surface area contributed by atoms with E-state index in [2.05, 4.69) is 20.7 Å². The van der Waals surface area contributed by atoms with Crippen LogP contribution in [0.25, 0.3) is 11.0 Å². The maximum absolute atomic E-state index is 11.9. The molecule has 2 aromatic rings. The van der Waals surface area contributed by atoms with E-state index in [-0.39, 0.29) is 6.54 Å². The van der Waals surface area contributed by atoms with Gasteiger partial charge in [0.15, 0.2) is 0 Å². The van der Waals surface area contributed by atoms with E-state index in [1.165, 1.54) is 6.92 Å². The molecule has 0 saturated heterocycles. The second kappa shape index (κ2) is 5.25. The molecule has 1 aromatic heterocycles. The first-order valence-electron chi connectivity index (χ1n) is 5.90. The smallest absolute Gasteiger partial charge is 0.306 e. The van der Waals surface area contributed by atoms with Gasteiger partial charge in [-0.2, -0.15) is 15.4 Å². The third-order valence-corrected chi connectivity index (χ3v) is 2.74. The van der Waals surface area contributed by atoms with Gasteiger partial charge in [-0.25, -0.2) is 0 Å². The number of aliphatic carboxylic acids is 1. The largest absolute Gasteiger partial charge is 0.481 e. The van der Waals surface area contributed by atoms with Gasteiger partial charge < -0.3 is 15.5 Å². The van der Waals surface area contributed by atoms with E-state index < -0.39 is 23.9 Å². The van der Waals surface area contributed by atoms with Crippen LogP contribution < -0.4 is 5.32 Å². The Balaban J connectivity index is 2.02. The van der Waals surface area contributed by atoms with Gasteiger partial charge in [0, 0.05) is 12.1 Å². The summed E-state index contributed by atoms with van der Waals surface area (Å²) in [5, 5.41) is 31.1. The first-order valence-corrected chi connectivity index (χ1v) is 5.90. The molecular formula is C12H14N4O4. The number of carboxylic acid groups (broad SMARTS) is 1. The molecule has 1 aromatic carbocycles. The minimum Gasteiger partial charge on any atom is -0.481 e. The molecule has 0 radical (unpaired) electrons. The topological polar surface area (TPSA) is 128 Å². The van der Waals surface area contributed by atoms with Gasteiger partial charge in [0.25, 0.3) is 5.91 Å². The summed E-state index contributed by atoms with van der Waals surface area (Å²) in [6.07, 6.45) is -0.449. The Hall–Kier alpha value is -2.48. The predicted octanol–water partition coefficient (Wildman–Crippen LogP) is -0.0866. The highest BCUT2D eigenvalue weighted by atomic mass is 16.4. The Morgan fingerprint density at radius 3 is 2.75 bits per heavy atom. The summed E-state index contributed by atoms with van der Waals surface area (Å²) in [6.45, 7) is 1.19. The van der Waals surface area contributed by atoms with Gasteiger partial charge in [-0.05, 0) is 25.1 Å². The predicted molar refractivity (Wildman–Crippen MR) is 69.1 cm³/mol. The summed E-state index contributed by atoms with van der Waals surface area (Å²) in [4.78, 5) is 22.5. The SMILES string of the molecule is CC(O)(CNC(=O)c1ccc2n[nH]nc2c1)CC(=O)O. The molecule has 0 fully saturated rings. The molecule has 0 saturated carbocycles. The third-order valence-electron chi connectivity index (χ3n) is 2.74. The molecule has 1 unspecified atom stereocenters. The molecular weight excluding hydrogens is 264 g/mol. The molecule has 1 heterocycles. The second-order valence-corrected chi connectivity index (χ2v) is 4.78. The molecule has 0 aliphatic heterocycles. The first kappa shape index (κ1) is 13.9. The molecule has 2 rings (SSSR count). The minimum atomic E-state index is -1.50. The van der Waals surface area contributed by atoms with Crippen molar-refractivity contribution in [2.24, 2.45) is 0 Å². The summed E-state index contributed by atoms with van der Waals surface area (Å²) < 4.78 is 0. The van der Waals surface area contributed by atoms with Gasteiger partial charge in [-0.1, -0.05) is 0 Å². The van der Waals surface area contributed by atoms with E-state index in [1.54, 1.807) is 18.2 Å². The lowest BCUT2D eigenvalue weighted by Crippen LogP contribution is -2.42. The number of aliphatic hydroxyl groups is 1. The first-order chi connectivity index (χ1) is 9.37. The standard InChI is InChI=1S/C12H14N4O4/c1-12(20,5-10(17)18)6-13-11(19)7-2-3-8-9(4-7)15-16-14-8/h2-4,20H,5-6H2,1H3,(H,13,19)(H,17,18)(H,14,15,16). The molecule has 20 heavy (non-hydrogen) atoms. The second-order valence-electron chi connectivity index (χ2n) is 4.78. The van der Waals surface area contributed by atoms with E-state index >= 15 is 0 Å². The summed E-state index contributed by atoms with van der Waals surface area (Å²) in [7, 11) is 0. The van der Waals surface area contributed by atoms with Gasteiger partial charge >= 0.3 is 5.97 Å². The number of amides is 1. The van der Waals surface area contributed by atoms with E-state index in [0.717, 1.165) is 0 Å². The van der Waals surface area contributed by atoms with Crippen molar-refractivity contribution < 1.29 is 19.8 Å². The fraction of sp³-hybridized carbons (Fsp3) is 0.333. The fourth-order valence-corrected chi connectivity index (χ4v) is 1.74. The summed E-state index contributed by atoms with van der Waals surface area (Å²) in [6, 6.07) is 4.77. The van der Waals surface area contributed by atoms with Crippen molar-refractivity contribution in [1.82, 2.24) is 20.7 Å². The van der Waals surface area contributed by atoms with Crippen molar-refractivity contribution in [3.63, 3.8) is 0 Å². The van der Waals surface area contributed by atoms with Crippen molar-refractivity contribution in [3.8, 4) is 0 Å². The summed E-state index contributed by atoms with van der Waals surface area (Å²) in [5.41, 5.74) is 0.0475. The number of aromatic nitrogens is 3. The van der Waals surface area contributed by atoms with Crippen LogP contribution in [-0.4, -0.2) is 49.6 Å². The fourth-order valence-electron chi connectivity index (χ4n) is 1.74. The number of fused-ring (bicyclic) bond motifs is 1. The maximum atomic E-state index is 11.9. The number of carboxylic acids is 1. The highest BCUT2D eigenvalue weighted by molar-refractivity contribution is 5.97. The van der Waals surface area contributed by atoms with E-state index in [4.69, 9.17) is 5.11 Å². The van der Waals surface area contributed by atoms with Crippen LogP contribution in [0.1, 0.15) is 23.7 Å². The average molecular weight is 278 g/mol. The van der Waals surface area contributed by atoms with Gasteiger partial charge in [-0.15, -0.1) is 0 Å². The van der Waals surface area contributed by atoms with Crippen LogP contribution >= 0.6 is 0 Å². The lowest BCUT2D eigenvalue weighted by Gasteiger charge is -2.21. The van der Waals surface area contributed by atoms with Crippen molar-refractivity contribution >= 4 is 22.9 Å². The number of nitrogens with one attached hydrogen (secondary N) is 2. The number of carbonyl (C=O) groups excluding carboxylic acids is 1. The number of rotatable bonds is 5. The summed E-state index contributed by atoms with van der Waals surface area (Å²) >= 11 is 0. The van der Waals surface area contributed by atoms with Gasteiger partial charge in [0.05, 0.1) is 12.0 Å². The minimum absolute atomic E-state index is 0.158. The number of hydrogen-bond donors (Lipinski definition) is 4. The Bertz CT molecular complexity index is 650. The molecule has 1 atom stereocenters. The Labute approximate surface area is 113 Å². The molecule has 0 aliphatic rings. The van der Waals surface area contributed by atoms with Crippen LogP contribution in [0.3, 0.4) is 0 Å². The van der Waals surface area contributed by atoms with Crippen LogP contribution in [-0.2, 0) is 4.79 Å². The number of carbonyl (C=O) groups is 2. The van der Waals surface area contributed by atoms with Crippen molar-refractivity contribution in [1.29, 1.82) is 0 Å². The lowest BCUT2D eigenvalue weighted by atomic mass is 10.0. The number of H-pyrrole nitrogens is 1. The van der Waals surface area contributed by atoms with Crippen LogP contribution in [0.4, 0.5) is 0 Å². The van der Waals surface area contributed by atoms with Crippen molar-refractivity contribution in [3.05, 3.63) is 23.8 Å². The zero-order chi connectivity index (χ0) is 14.8. The van der Waals surface area contributed by atoms with Crippen molar-refractivity contribution in [2.45, 2.75) is 18.9 Å². The quantitative estimate of drug-likeness (QED) is 0.605. The molecule has 0 bridgehead atoms. The normalized spacial score (nSPS) is 13.9. The maximum Gasteiger partial charge on any atom is 0.306 e. The average Bonchev–Trinajstić information content (AvgIpc) is 2.81. The molecule has 4 N–H and O–H groups in total. The van der Waals surface area contributed by atoms with Crippen LogP contribution in [0.5, 0.6) is 0 Å². The Morgan fingerprint density at radius 2 is 2.05 bits per heavy atom. The lowest BCUT2D eigenvalue weighted by molar-refractivity contribution is -0.141. The van der Waals surface area contributed by atoms with Gasteiger partial charge in [-0.3, -0.25) is 9.59 Å². The molecule has 1 amide bonds. The number of aromatic amines is 1. The van der Waals surface area contributed by atoms with Crippen molar-refractivity contribution in [2.75, 3.05) is 6.54 Å². The molecule has 8 nitrogen and oxygen atoms in total. The monoisotopic (exact) mass is 278 g/mol. The molecule has 0 spiro atoms. The highest BCUT2D eigenvalue weighted by Crippen LogP contribution is 2.11. The van der Waals surface area contributed by atoms with Crippen LogP contribution in [0, 0.1) is 0 Å². The highest BCUT2D eigenvalue weighted by Gasteiger charge is 2.25. The Morgan fingerprint density at radius 1 is 1.35 bits per heavy atom. The number of benzene rings is 1. The van der Waals surface area contributed by atoms with Gasteiger partial charge in [0.1, 0.15) is 11.0 Å².